The van der Waals surface area contributed by atoms with Crippen molar-refractivity contribution in [2.45, 2.75) is 45.8 Å². The molecule has 0 aliphatic rings. The topological polar surface area (TPSA) is 96.0 Å². The van der Waals surface area contributed by atoms with Gasteiger partial charge in [0.25, 0.3) is 0 Å². The van der Waals surface area contributed by atoms with E-state index in [2.05, 4.69) is 5.32 Å². The van der Waals surface area contributed by atoms with Crippen molar-refractivity contribution in [2.75, 3.05) is 24.2 Å². The zero-order chi connectivity index (χ0) is 29.4. The van der Waals surface area contributed by atoms with Gasteiger partial charge in [0, 0.05) is 24.0 Å². The van der Waals surface area contributed by atoms with Crippen LogP contribution in [-0.4, -0.2) is 57.1 Å². The van der Waals surface area contributed by atoms with Crippen molar-refractivity contribution >= 4 is 39.1 Å². The minimum atomic E-state index is -3.89. The highest BCUT2D eigenvalue weighted by Crippen LogP contribution is 2.29. The number of ether oxygens (including phenoxy) is 1. The maximum Gasteiger partial charge on any atom is 0.244 e. The van der Waals surface area contributed by atoms with Crippen LogP contribution in [-0.2, 0) is 32.6 Å². The van der Waals surface area contributed by atoms with Gasteiger partial charge in [-0.15, -0.1) is 0 Å². The number of benzene rings is 3. The van der Waals surface area contributed by atoms with Crippen molar-refractivity contribution in [3.8, 4) is 5.75 Å². The summed E-state index contributed by atoms with van der Waals surface area (Å²) < 4.78 is 32.3. The molecular weight excluding hydrogens is 550 g/mol. The van der Waals surface area contributed by atoms with Gasteiger partial charge in [0.1, 0.15) is 18.3 Å². The van der Waals surface area contributed by atoms with E-state index in [1.54, 1.807) is 50.4 Å². The van der Waals surface area contributed by atoms with Gasteiger partial charge in [0.05, 0.1) is 19.1 Å². The van der Waals surface area contributed by atoms with Crippen molar-refractivity contribution < 1.29 is 22.7 Å². The molecule has 3 aromatic carbocycles. The number of carbonyl (C=O) groups is 2. The van der Waals surface area contributed by atoms with Gasteiger partial charge in [-0.1, -0.05) is 60.1 Å². The number of methoxy groups -OCH3 is 1. The molecule has 3 aromatic rings. The summed E-state index contributed by atoms with van der Waals surface area (Å²) in [6.07, 6.45) is 1.28. The Morgan fingerprint density at radius 1 is 0.975 bits per heavy atom. The van der Waals surface area contributed by atoms with Crippen molar-refractivity contribution in [3.63, 3.8) is 0 Å². The Morgan fingerprint density at radius 3 is 2.25 bits per heavy atom. The maximum absolute atomic E-state index is 14.1. The predicted molar refractivity (Wildman–Crippen MR) is 159 cm³/mol. The standard InChI is InChI=1S/C30H36ClN3O5S/c1-21(2)32-30(36)28(18-23-11-7-6-8-12-23)33(19-24-13-9-14-25(17-24)39-4)29(35)20-34(40(5,37)38)27-16-10-15-26(31)22(27)3/h6-17,21,28H,18-20H2,1-5H3,(H,32,36). The number of hydrogen-bond acceptors (Lipinski definition) is 5. The first-order chi connectivity index (χ1) is 18.9. The number of sulfonamides is 1. The van der Waals surface area contributed by atoms with Crippen LogP contribution in [0.4, 0.5) is 5.69 Å². The Morgan fingerprint density at radius 2 is 1.62 bits per heavy atom. The Hall–Kier alpha value is -3.56. The molecule has 0 spiro atoms. The van der Waals surface area contributed by atoms with Crippen molar-refractivity contribution in [3.05, 3.63) is 94.5 Å². The number of nitrogens with one attached hydrogen (secondary N) is 1. The molecule has 0 saturated heterocycles. The van der Waals surface area contributed by atoms with E-state index in [1.807, 2.05) is 50.2 Å². The summed E-state index contributed by atoms with van der Waals surface area (Å²) in [5.41, 5.74) is 2.42. The molecule has 0 radical (unpaired) electrons. The molecular formula is C30H36ClN3O5S. The fourth-order valence-corrected chi connectivity index (χ4v) is 5.43. The zero-order valence-corrected chi connectivity index (χ0v) is 25.0. The molecule has 1 unspecified atom stereocenters. The van der Waals surface area contributed by atoms with E-state index in [4.69, 9.17) is 16.3 Å². The van der Waals surface area contributed by atoms with Gasteiger partial charge in [-0.05, 0) is 61.7 Å². The van der Waals surface area contributed by atoms with Gasteiger partial charge < -0.3 is 15.0 Å². The molecule has 0 aromatic heterocycles. The lowest BCUT2D eigenvalue weighted by molar-refractivity contribution is -0.140. The van der Waals surface area contributed by atoms with E-state index >= 15 is 0 Å². The summed E-state index contributed by atoms with van der Waals surface area (Å²) in [5, 5.41) is 3.31. The monoisotopic (exact) mass is 585 g/mol. The first-order valence-corrected chi connectivity index (χ1v) is 15.1. The fraction of sp³-hybridized carbons (Fsp3) is 0.333. The second kappa shape index (κ2) is 13.7. The second-order valence-corrected chi connectivity index (χ2v) is 12.2. The van der Waals surface area contributed by atoms with E-state index < -0.39 is 28.5 Å². The first kappa shape index (κ1) is 31.0. The molecule has 3 rings (SSSR count). The number of rotatable bonds is 12. The highest BCUT2D eigenvalue weighted by molar-refractivity contribution is 7.92. The Bertz CT molecular complexity index is 1430. The summed E-state index contributed by atoms with van der Waals surface area (Å²) in [5.74, 6) is -0.268. The third-order valence-corrected chi connectivity index (χ3v) is 7.91. The van der Waals surface area contributed by atoms with Gasteiger partial charge >= 0.3 is 0 Å². The predicted octanol–water partition coefficient (Wildman–Crippen LogP) is 4.59. The second-order valence-electron chi connectivity index (χ2n) is 9.90. The molecule has 1 N–H and O–H groups in total. The molecule has 0 saturated carbocycles. The summed E-state index contributed by atoms with van der Waals surface area (Å²) in [4.78, 5) is 29.2. The van der Waals surface area contributed by atoms with Crippen LogP contribution >= 0.6 is 11.6 Å². The third-order valence-electron chi connectivity index (χ3n) is 6.38. The van der Waals surface area contributed by atoms with Gasteiger partial charge in [-0.3, -0.25) is 13.9 Å². The van der Waals surface area contributed by atoms with Gasteiger partial charge in [-0.25, -0.2) is 8.42 Å². The molecule has 0 bridgehead atoms. The minimum absolute atomic E-state index is 0.0607. The zero-order valence-electron chi connectivity index (χ0n) is 23.4. The average Bonchev–Trinajstić information content (AvgIpc) is 2.90. The number of anilines is 1. The van der Waals surface area contributed by atoms with E-state index in [0.29, 0.717) is 22.0 Å². The summed E-state index contributed by atoms with van der Waals surface area (Å²) in [6, 6.07) is 20.4. The molecule has 0 heterocycles. The molecule has 0 aliphatic carbocycles. The van der Waals surface area contributed by atoms with Crippen molar-refractivity contribution in [2.24, 2.45) is 0 Å². The molecule has 214 valence electrons. The van der Waals surface area contributed by atoms with Crippen molar-refractivity contribution in [1.29, 1.82) is 0 Å². The molecule has 8 nitrogen and oxygen atoms in total. The van der Waals surface area contributed by atoms with Crippen molar-refractivity contribution in [1.82, 2.24) is 10.2 Å². The van der Waals surface area contributed by atoms with Gasteiger partial charge in [0.15, 0.2) is 0 Å². The molecule has 1 atom stereocenters. The van der Waals surface area contributed by atoms with E-state index in [9.17, 15) is 18.0 Å². The van der Waals surface area contributed by atoms with Gasteiger partial charge in [0.2, 0.25) is 21.8 Å². The van der Waals surface area contributed by atoms with E-state index in [-0.39, 0.29) is 24.9 Å². The average molecular weight is 586 g/mol. The van der Waals surface area contributed by atoms with Crippen LogP contribution in [0.2, 0.25) is 5.02 Å². The number of nitrogens with zero attached hydrogens (tertiary/aromatic N) is 2. The summed E-state index contributed by atoms with van der Waals surface area (Å²) in [7, 11) is -2.34. The Kier molecular flexibility index (Phi) is 10.6. The number of amides is 2. The molecule has 10 heteroatoms. The van der Waals surface area contributed by atoms with Crippen LogP contribution in [0.5, 0.6) is 5.75 Å². The smallest absolute Gasteiger partial charge is 0.244 e. The third kappa shape index (κ3) is 8.22. The fourth-order valence-electron chi connectivity index (χ4n) is 4.36. The Balaban J connectivity index is 2.10. The first-order valence-electron chi connectivity index (χ1n) is 12.9. The number of carbonyl (C=O) groups excluding carboxylic acids is 2. The number of halogens is 1. The van der Waals surface area contributed by atoms with Crippen LogP contribution in [0.1, 0.15) is 30.5 Å². The van der Waals surface area contributed by atoms with Gasteiger partial charge in [-0.2, -0.15) is 0 Å². The summed E-state index contributed by atoms with van der Waals surface area (Å²) in [6.45, 7) is 4.94. The van der Waals surface area contributed by atoms with E-state index in [1.165, 1.54) is 4.90 Å². The minimum Gasteiger partial charge on any atom is -0.497 e. The summed E-state index contributed by atoms with van der Waals surface area (Å²) >= 11 is 6.29. The van der Waals surface area contributed by atoms with Crippen LogP contribution in [0.15, 0.2) is 72.8 Å². The van der Waals surface area contributed by atoms with Crippen LogP contribution in [0, 0.1) is 6.92 Å². The molecule has 2 amide bonds. The molecule has 40 heavy (non-hydrogen) atoms. The lowest BCUT2D eigenvalue weighted by atomic mass is 10.0. The lowest BCUT2D eigenvalue weighted by Crippen LogP contribution is -2.54. The highest BCUT2D eigenvalue weighted by Gasteiger charge is 2.33. The molecule has 0 fully saturated rings. The normalized spacial score (nSPS) is 12.1. The van der Waals surface area contributed by atoms with Crippen LogP contribution < -0.4 is 14.4 Å². The maximum atomic E-state index is 14.1. The quantitative estimate of drug-likeness (QED) is 0.335. The highest BCUT2D eigenvalue weighted by atomic mass is 35.5. The lowest BCUT2D eigenvalue weighted by Gasteiger charge is -2.34. The number of hydrogen-bond donors (Lipinski definition) is 1. The SMILES string of the molecule is COc1cccc(CN(C(=O)CN(c2cccc(Cl)c2C)S(C)(=O)=O)C(Cc2ccccc2)C(=O)NC(C)C)c1. The Labute approximate surface area is 241 Å². The van der Waals surface area contributed by atoms with Crippen LogP contribution in [0.25, 0.3) is 0 Å². The van der Waals surface area contributed by atoms with E-state index in [0.717, 1.165) is 21.7 Å². The largest absolute Gasteiger partial charge is 0.497 e. The van der Waals surface area contributed by atoms with Crippen LogP contribution in [0.3, 0.4) is 0 Å². The molecule has 0 aliphatic heterocycles.